The highest BCUT2D eigenvalue weighted by Gasteiger charge is 2.34. The summed E-state index contributed by atoms with van der Waals surface area (Å²) in [6.45, 7) is 4.41. The zero-order chi connectivity index (χ0) is 12.1. The number of piperidine rings is 1. The van der Waals surface area contributed by atoms with Gasteiger partial charge in [-0.3, -0.25) is 4.79 Å². The average molecular weight is 238 g/mol. The maximum absolute atomic E-state index is 12.0. The lowest BCUT2D eigenvalue weighted by molar-refractivity contribution is -0.131. The van der Waals surface area contributed by atoms with Crippen LogP contribution in [0.2, 0.25) is 0 Å². The smallest absolute Gasteiger partial charge is 0.226 e. The van der Waals surface area contributed by atoms with Crippen LogP contribution in [0.4, 0.5) is 0 Å². The molecule has 2 rings (SSSR count). The van der Waals surface area contributed by atoms with Crippen molar-refractivity contribution in [1.82, 2.24) is 20.8 Å². The molecule has 6 nitrogen and oxygen atoms in total. The molecule has 1 saturated heterocycles. The van der Waals surface area contributed by atoms with E-state index in [0.29, 0.717) is 18.8 Å². The van der Waals surface area contributed by atoms with Crippen LogP contribution in [-0.4, -0.2) is 35.7 Å². The lowest BCUT2D eigenvalue weighted by Gasteiger charge is -2.32. The summed E-state index contributed by atoms with van der Waals surface area (Å²) in [5, 5.41) is 9.90. The lowest BCUT2D eigenvalue weighted by Crippen LogP contribution is -2.46. The van der Waals surface area contributed by atoms with Crippen LogP contribution in [0, 0.1) is 5.41 Å². The molecule has 2 heterocycles. The number of rotatable bonds is 4. The second-order valence-electron chi connectivity index (χ2n) is 4.66. The highest BCUT2D eigenvalue weighted by atomic mass is 16.5. The first-order chi connectivity index (χ1) is 8.21. The summed E-state index contributed by atoms with van der Waals surface area (Å²) < 4.78 is 4.63. The van der Waals surface area contributed by atoms with Crippen molar-refractivity contribution in [3.63, 3.8) is 0 Å². The van der Waals surface area contributed by atoms with E-state index in [9.17, 15) is 4.79 Å². The Morgan fingerprint density at radius 1 is 1.59 bits per heavy atom. The van der Waals surface area contributed by atoms with E-state index in [2.05, 4.69) is 25.3 Å². The van der Waals surface area contributed by atoms with Crippen LogP contribution >= 0.6 is 0 Å². The molecule has 94 valence electrons. The first-order valence-electron chi connectivity index (χ1n) is 5.95. The van der Waals surface area contributed by atoms with Gasteiger partial charge in [0.2, 0.25) is 12.3 Å². The minimum Gasteiger partial charge on any atom is -0.355 e. The van der Waals surface area contributed by atoms with Gasteiger partial charge in [-0.2, -0.15) is 4.98 Å². The van der Waals surface area contributed by atoms with Gasteiger partial charge in [-0.15, -0.1) is 0 Å². The van der Waals surface area contributed by atoms with Gasteiger partial charge in [-0.05, 0) is 25.9 Å². The van der Waals surface area contributed by atoms with Gasteiger partial charge in [0.25, 0.3) is 0 Å². The molecule has 17 heavy (non-hydrogen) atoms. The number of hydrogen-bond donors (Lipinski definition) is 2. The van der Waals surface area contributed by atoms with E-state index in [1.54, 1.807) is 0 Å². The third kappa shape index (κ3) is 3.03. The van der Waals surface area contributed by atoms with Gasteiger partial charge in [0.05, 0.1) is 0 Å². The molecule has 0 radical (unpaired) electrons. The quantitative estimate of drug-likeness (QED) is 0.778. The van der Waals surface area contributed by atoms with Crippen molar-refractivity contribution in [1.29, 1.82) is 0 Å². The molecule has 0 atom stereocenters. The van der Waals surface area contributed by atoms with Crippen LogP contribution < -0.4 is 10.6 Å². The van der Waals surface area contributed by atoms with Gasteiger partial charge in [0.15, 0.2) is 5.82 Å². The van der Waals surface area contributed by atoms with Crippen LogP contribution in [-0.2, 0) is 11.2 Å². The van der Waals surface area contributed by atoms with Crippen molar-refractivity contribution in [3.05, 3.63) is 12.2 Å². The van der Waals surface area contributed by atoms with E-state index in [0.717, 1.165) is 25.9 Å². The average Bonchev–Trinajstić information content (AvgIpc) is 2.83. The molecule has 0 unspecified atom stereocenters. The molecule has 2 N–H and O–H groups in total. The van der Waals surface area contributed by atoms with Crippen molar-refractivity contribution in [2.75, 3.05) is 19.6 Å². The molecule has 6 heteroatoms. The second kappa shape index (κ2) is 5.27. The Morgan fingerprint density at radius 2 is 2.35 bits per heavy atom. The molecule has 1 aromatic rings. The highest BCUT2D eigenvalue weighted by molar-refractivity contribution is 5.82. The van der Waals surface area contributed by atoms with E-state index in [4.69, 9.17) is 0 Å². The summed E-state index contributed by atoms with van der Waals surface area (Å²) in [5.41, 5.74) is -0.234. The van der Waals surface area contributed by atoms with Crippen molar-refractivity contribution in [3.8, 4) is 0 Å². The van der Waals surface area contributed by atoms with Crippen molar-refractivity contribution < 1.29 is 9.32 Å². The van der Waals surface area contributed by atoms with E-state index >= 15 is 0 Å². The summed E-state index contributed by atoms with van der Waals surface area (Å²) in [4.78, 5) is 15.9. The third-order valence-corrected chi connectivity index (χ3v) is 3.30. The molecule has 1 aromatic heterocycles. The Bertz CT molecular complexity index is 358. The van der Waals surface area contributed by atoms with Gasteiger partial charge in [-0.25, -0.2) is 0 Å². The van der Waals surface area contributed by atoms with E-state index < -0.39 is 0 Å². The summed E-state index contributed by atoms with van der Waals surface area (Å²) >= 11 is 0. The Balaban J connectivity index is 1.76. The van der Waals surface area contributed by atoms with Gasteiger partial charge in [0.1, 0.15) is 0 Å². The fourth-order valence-electron chi connectivity index (χ4n) is 2.01. The SMILES string of the molecule is CC1(C(=O)NCCc2ncon2)CCNCC1. The van der Waals surface area contributed by atoms with Crippen molar-refractivity contribution >= 4 is 5.91 Å². The number of hydrogen-bond acceptors (Lipinski definition) is 5. The highest BCUT2D eigenvalue weighted by Crippen LogP contribution is 2.27. The van der Waals surface area contributed by atoms with Crippen LogP contribution in [0.5, 0.6) is 0 Å². The molecule has 0 aliphatic carbocycles. The molecule has 1 fully saturated rings. The fraction of sp³-hybridized carbons (Fsp3) is 0.727. The zero-order valence-electron chi connectivity index (χ0n) is 10.0. The Labute approximate surface area is 100 Å². The molecule has 0 saturated carbocycles. The minimum absolute atomic E-state index is 0.127. The largest absolute Gasteiger partial charge is 0.355 e. The van der Waals surface area contributed by atoms with E-state index in [1.165, 1.54) is 6.39 Å². The van der Waals surface area contributed by atoms with Gasteiger partial charge in [0, 0.05) is 18.4 Å². The third-order valence-electron chi connectivity index (χ3n) is 3.30. The Hall–Kier alpha value is -1.43. The standard InChI is InChI=1S/C11H18N4O2/c1-11(3-6-12-7-4-11)10(16)13-5-2-9-14-8-17-15-9/h8,12H,2-7H2,1H3,(H,13,16). The summed E-state index contributed by atoms with van der Waals surface area (Å²) in [5.74, 6) is 0.753. The minimum atomic E-state index is -0.234. The molecule has 0 bridgehead atoms. The zero-order valence-corrected chi connectivity index (χ0v) is 10.0. The Morgan fingerprint density at radius 3 is 3.00 bits per heavy atom. The summed E-state index contributed by atoms with van der Waals surface area (Å²) in [7, 11) is 0. The van der Waals surface area contributed by atoms with Crippen molar-refractivity contribution in [2.45, 2.75) is 26.2 Å². The number of carbonyl (C=O) groups is 1. The monoisotopic (exact) mass is 238 g/mol. The van der Waals surface area contributed by atoms with Crippen molar-refractivity contribution in [2.24, 2.45) is 5.41 Å². The number of carbonyl (C=O) groups excluding carboxylic acids is 1. The molecule has 1 amide bonds. The first-order valence-corrected chi connectivity index (χ1v) is 5.95. The fourth-order valence-corrected chi connectivity index (χ4v) is 2.01. The predicted molar refractivity (Wildman–Crippen MR) is 61.2 cm³/mol. The molecule has 0 aromatic carbocycles. The maximum atomic E-state index is 12.0. The van der Waals surface area contributed by atoms with Crippen LogP contribution in [0.25, 0.3) is 0 Å². The van der Waals surface area contributed by atoms with Crippen LogP contribution in [0.3, 0.4) is 0 Å². The topological polar surface area (TPSA) is 80.1 Å². The van der Waals surface area contributed by atoms with Gasteiger partial charge < -0.3 is 15.2 Å². The normalized spacial score (nSPS) is 18.9. The number of aromatic nitrogens is 2. The molecule has 0 spiro atoms. The molecule has 1 aliphatic rings. The van der Waals surface area contributed by atoms with Gasteiger partial charge in [-0.1, -0.05) is 12.1 Å². The number of amides is 1. The lowest BCUT2D eigenvalue weighted by atomic mass is 9.80. The summed E-state index contributed by atoms with van der Waals surface area (Å²) in [6, 6.07) is 0. The molecular weight excluding hydrogens is 220 g/mol. The maximum Gasteiger partial charge on any atom is 0.226 e. The van der Waals surface area contributed by atoms with Crippen LogP contribution in [0.15, 0.2) is 10.9 Å². The number of nitrogens with one attached hydrogen (secondary N) is 2. The van der Waals surface area contributed by atoms with Gasteiger partial charge >= 0.3 is 0 Å². The first kappa shape index (κ1) is 12.0. The second-order valence-corrected chi connectivity index (χ2v) is 4.66. The van der Waals surface area contributed by atoms with E-state index in [-0.39, 0.29) is 11.3 Å². The van der Waals surface area contributed by atoms with Crippen LogP contribution in [0.1, 0.15) is 25.6 Å². The van der Waals surface area contributed by atoms with E-state index in [1.807, 2.05) is 6.92 Å². The molecule has 1 aliphatic heterocycles. The predicted octanol–water partition coefficient (Wildman–Crippen LogP) is 0.118. The summed E-state index contributed by atoms with van der Waals surface area (Å²) in [6.07, 6.45) is 3.68. The Kier molecular flexibility index (Phi) is 3.73. The molecular formula is C11H18N4O2. The number of nitrogens with zero attached hydrogens (tertiary/aromatic N) is 2.